The molecule has 0 aliphatic rings. The molecule has 0 aliphatic carbocycles. The minimum atomic E-state index is -3.62. The van der Waals surface area contributed by atoms with Gasteiger partial charge < -0.3 is 5.11 Å². The molecule has 0 fully saturated rings. The van der Waals surface area contributed by atoms with Crippen LogP contribution < -0.4 is 0 Å². The maximum atomic E-state index is 11.0. The molecule has 0 aliphatic heterocycles. The fourth-order valence-corrected chi connectivity index (χ4v) is 2.66. The highest BCUT2D eigenvalue weighted by molar-refractivity contribution is 8.13. The molecule has 0 atom stereocenters. The first-order valence-corrected chi connectivity index (χ1v) is 6.98. The quantitative estimate of drug-likeness (QED) is 0.840. The largest absolute Gasteiger partial charge is 0.506 e. The fraction of sp³-hybridized carbons (Fsp3) is 0.333. The van der Waals surface area contributed by atoms with Crippen molar-refractivity contribution in [1.82, 2.24) is 0 Å². The van der Waals surface area contributed by atoms with Crippen molar-refractivity contribution < 1.29 is 13.5 Å². The summed E-state index contributed by atoms with van der Waals surface area (Å²) in [5.41, 5.74) is 1.73. The van der Waals surface area contributed by atoms with Gasteiger partial charge in [0.05, 0.1) is 10.8 Å². The van der Waals surface area contributed by atoms with Crippen LogP contribution in [0.25, 0.3) is 0 Å². The smallest absolute Gasteiger partial charge is 0.236 e. The fourth-order valence-electron chi connectivity index (χ4n) is 1.37. The summed E-state index contributed by atoms with van der Waals surface area (Å²) in [7, 11) is 1.55. The molecular formula is C9H10Cl2O3S. The van der Waals surface area contributed by atoms with Crippen molar-refractivity contribution in [2.45, 2.75) is 19.6 Å². The van der Waals surface area contributed by atoms with Crippen LogP contribution in [0.2, 0.25) is 5.02 Å². The summed E-state index contributed by atoms with van der Waals surface area (Å²) in [5.74, 6) is -0.339. The number of hydrogen-bond acceptors (Lipinski definition) is 3. The van der Waals surface area contributed by atoms with Crippen LogP contribution in [-0.4, -0.2) is 13.5 Å². The first-order valence-electron chi connectivity index (χ1n) is 4.12. The van der Waals surface area contributed by atoms with Crippen molar-refractivity contribution in [2.75, 3.05) is 0 Å². The van der Waals surface area contributed by atoms with Gasteiger partial charge >= 0.3 is 0 Å². The van der Waals surface area contributed by atoms with Gasteiger partial charge in [-0.15, -0.1) is 0 Å². The van der Waals surface area contributed by atoms with Crippen LogP contribution in [0.5, 0.6) is 5.75 Å². The van der Waals surface area contributed by atoms with Gasteiger partial charge in [0.15, 0.2) is 0 Å². The molecule has 0 amide bonds. The van der Waals surface area contributed by atoms with Crippen LogP contribution >= 0.6 is 22.3 Å². The zero-order valence-corrected chi connectivity index (χ0v) is 10.5. The lowest BCUT2D eigenvalue weighted by atomic mass is 10.0. The third kappa shape index (κ3) is 3.00. The highest BCUT2D eigenvalue weighted by atomic mass is 35.7. The molecular weight excluding hydrogens is 259 g/mol. The molecule has 1 aromatic rings. The molecule has 0 bridgehead atoms. The number of hydrogen-bond donors (Lipinski definition) is 1. The molecule has 0 radical (unpaired) electrons. The summed E-state index contributed by atoms with van der Waals surface area (Å²) in [5, 5.41) is 9.55. The van der Waals surface area contributed by atoms with E-state index in [9.17, 15) is 13.5 Å². The number of benzene rings is 1. The lowest BCUT2D eigenvalue weighted by Gasteiger charge is -2.11. The Labute approximate surface area is 98.1 Å². The average molecular weight is 269 g/mol. The number of rotatable bonds is 2. The number of phenolic OH excluding ortho intramolecular Hbond substituents is 1. The van der Waals surface area contributed by atoms with Crippen molar-refractivity contribution in [3.05, 3.63) is 27.8 Å². The Morgan fingerprint density at radius 3 is 2.40 bits per heavy atom. The maximum Gasteiger partial charge on any atom is 0.236 e. The molecule has 0 aromatic heterocycles. The van der Waals surface area contributed by atoms with Gasteiger partial charge in [-0.1, -0.05) is 11.6 Å². The summed E-state index contributed by atoms with van der Waals surface area (Å²) in [4.78, 5) is 0. The number of halogens is 2. The van der Waals surface area contributed by atoms with Crippen molar-refractivity contribution in [2.24, 2.45) is 0 Å². The van der Waals surface area contributed by atoms with Gasteiger partial charge in [-0.25, -0.2) is 8.42 Å². The Bertz CT molecular complexity index is 495. The van der Waals surface area contributed by atoms with Gasteiger partial charge in [0.1, 0.15) is 5.75 Å². The molecule has 3 nitrogen and oxygen atoms in total. The zero-order valence-electron chi connectivity index (χ0n) is 8.21. The van der Waals surface area contributed by atoms with E-state index in [0.717, 1.165) is 0 Å². The van der Waals surface area contributed by atoms with E-state index < -0.39 is 9.05 Å². The molecule has 1 aromatic carbocycles. The minimum Gasteiger partial charge on any atom is -0.506 e. The number of aromatic hydroxyl groups is 1. The molecule has 0 spiro atoms. The Kier molecular flexibility index (Phi) is 3.53. The van der Waals surface area contributed by atoms with E-state index in [1.54, 1.807) is 13.8 Å². The van der Waals surface area contributed by atoms with Crippen molar-refractivity contribution in [3.63, 3.8) is 0 Å². The molecule has 0 unspecified atom stereocenters. The van der Waals surface area contributed by atoms with E-state index in [1.807, 2.05) is 0 Å². The molecule has 15 heavy (non-hydrogen) atoms. The summed E-state index contributed by atoms with van der Waals surface area (Å²) in [6.07, 6.45) is 0. The minimum absolute atomic E-state index is 0.0533. The highest BCUT2D eigenvalue weighted by Gasteiger charge is 2.16. The van der Waals surface area contributed by atoms with E-state index in [0.29, 0.717) is 16.7 Å². The van der Waals surface area contributed by atoms with E-state index in [-0.39, 0.29) is 16.5 Å². The Morgan fingerprint density at radius 1 is 1.40 bits per heavy atom. The van der Waals surface area contributed by atoms with Crippen molar-refractivity contribution >= 4 is 31.3 Å². The second kappa shape index (κ2) is 4.20. The Morgan fingerprint density at radius 2 is 1.93 bits per heavy atom. The van der Waals surface area contributed by atoms with Crippen LogP contribution in [0.1, 0.15) is 16.7 Å². The second-order valence-electron chi connectivity index (χ2n) is 3.31. The van der Waals surface area contributed by atoms with E-state index in [2.05, 4.69) is 0 Å². The van der Waals surface area contributed by atoms with E-state index >= 15 is 0 Å². The van der Waals surface area contributed by atoms with Gasteiger partial charge in [0, 0.05) is 10.7 Å². The number of phenols is 1. The normalized spacial score (nSPS) is 11.7. The maximum absolute atomic E-state index is 11.0. The zero-order chi connectivity index (χ0) is 11.8. The topological polar surface area (TPSA) is 54.4 Å². The molecule has 1 N–H and O–H groups in total. The average Bonchev–Trinajstić information content (AvgIpc) is 2.07. The monoisotopic (exact) mass is 268 g/mol. The van der Waals surface area contributed by atoms with Crippen LogP contribution in [0.3, 0.4) is 0 Å². The Hall–Kier alpha value is -0.450. The molecule has 84 valence electrons. The van der Waals surface area contributed by atoms with E-state index in [1.165, 1.54) is 6.07 Å². The Balaban J connectivity index is 3.37. The van der Waals surface area contributed by atoms with E-state index in [4.69, 9.17) is 22.3 Å². The predicted octanol–water partition coefficient (Wildman–Crippen LogP) is 2.73. The molecule has 0 saturated carbocycles. The molecule has 1 rings (SSSR count). The van der Waals surface area contributed by atoms with Crippen LogP contribution in [0.15, 0.2) is 6.07 Å². The molecule has 0 saturated heterocycles. The van der Waals surface area contributed by atoms with Crippen molar-refractivity contribution in [1.29, 1.82) is 0 Å². The summed E-state index contributed by atoms with van der Waals surface area (Å²) < 4.78 is 21.9. The first kappa shape index (κ1) is 12.6. The van der Waals surface area contributed by atoms with Gasteiger partial charge in [0.2, 0.25) is 9.05 Å². The molecule has 6 heteroatoms. The summed E-state index contributed by atoms with van der Waals surface area (Å²) in [6.45, 7) is 3.34. The number of aryl methyl sites for hydroxylation is 1. The lowest BCUT2D eigenvalue weighted by Crippen LogP contribution is -2.01. The lowest BCUT2D eigenvalue weighted by molar-refractivity contribution is 0.474. The van der Waals surface area contributed by atoms with Gasteiger partial charge in [0.25, 0.3) is 0 Å². The van der Waals surface area contributed by atoms with Crippen molar-refractivity contribution in [3.8, 4) is 5.75 Å². The highest BCUT2D eigenvalue weighted by Crippen LogP contribution is 2.32. The van der Waals surface area contributed by atoms with Gasteiger partial charge in [-0.2, -0.15) is 0 Å². The third-order valence-electron chi connectivity index (χ3n) is 2.15. The summed E-state index contributed by atoms with van der Waals surface area (Å²) >= 11 is 5.80. The molecule has 0 heterocycles. The van der Waals surface area contributed by atoms with Gasteiger partial charge in [-0.3, -0.25) is 0 Å². The first-order chi connectivity index (χ1) is 6.72. The second-order valence-corrected chi connectivity index (χ2v) is 6.47. The SMILES string of the molecule is Cc1cc(O)c(Cl)c(C)c1CS(=O)(=O)Cl. The van der Waals surface area contributed by atoms with Crippen LogP contribution in [-0.2, 0) is 14.8 Å². The third-order valence-corrected chi connectivity index (χ3v) is 3.59. The van der Waals surface area contributed by atoms with Crippen LogP contribution in [0.4, 0.5) is 0 Å². The standard InChI is InChI=1S/C9H10Cl2O3S/c1-5-3-8(12)9(10)6(2)7(5)4-15(11,13)14/h3,12H,4H2,1-2H3. The predicted molar refractivity (Wildman–Crippen MR) is 61.1 cm³/mol. The summed E-state index contributed by atoms with van der Waals surface area (Å²) in [6, 6.07) is 1.42. The van der Waals surface area contributed by atoms with Crippen LogP contribution in [0, 0.1) is 13.8 Å². The van der Waals surface area contributed by atoms with Gasteiger partial charge in [-0.05, 0) is 36.6 Å².